The van der Waals surface area contributed by atoms with E-state index in [-0.39, 0.29) is 18.2 Å². The minimum atomic E-state index is -0.199. The van der Waals surface area contributed by atoms with Gasteiger partial charge in [-0.3, -0.25) is 4.90 Å². The van der Waals surface area contributed by atoms with Crippen LogP contribution in [-0.4, -0.2) is 42.3 Å². The Kier molecular flexibility index (Phi) is 7.67. The van der Waals surface area contributed by atoms with Gasteiger partial charge in [-0.25, -0.2) is 0 Å². The molecular formula is C17H29ClN2O. The number of aliphatic hydroxyl groups excluding tert-OH is 1. The standard InChI is InChI=1S/C17H29ClN2O/c1-5-11-19-16(14-8-6-7-9-15(14)18)10-12-20(4)17(2,3)13-21/h6-9,16,19,21H,5,10-13H2,1-4H3. The van der Waals surface area contributed by atoms with E-state index in [9.17, 15) is 5.11 Å². The van der Waals surface area contributed by atoms with Crippen LogP contribution in [-0.2, 0) is 0 Å². The van der Waals surface area contributed by atoms with Crippen LogP contribution in [0.25, 0.3) is 0 Å². The Bertz CT molecular complexity index is 423. The highest BCUT2D eigenvalue weighted by atomic mass is 35.5. The van der Waals surface area contributed by atoms with Crippen molar-refractivity contribution in [3.05, 3.63) is 34.9 Å². The summed E-state index contributed by atoms with van der Waals surface area (Å²) >= 11 is 6.34. The highest BCUT2D eigenvalue weighted by molar-refractivity contribution is 6.31. The van der Waals surface area contributed by atoms with E-state index in [1.807, 2.05) is 18.2 Å². The summed E-state index contributed by atoms with van der Waals surface area (Å²) in [5, 5.41) is 13.8. The van der Waals surface area contributed by atoms with Crippen molar-refractivity contribution in [2.45, 2.75) is 45.2 Å². The highest BCUT2D eigenvalue weighted by Crippen LogP contribution is 2.26. The monoisotopic (exact) mass is 312 g/mol. The maximum Gasteiger partial charge on any atom is 0.0609 e. The second kappa shape index (κ2) is 8.74. The predicted octanol–water partition coefficient (Wildman–Crippen LogP) is 3.47. The quantitative estimate of drug-likeness (QED) is 0.733. The first kappa shape index (κ1) is 18.4. The zero-order chi connectivity index (χ0) is 15.9. The molecular weight excluding hydrogens is 284 g/mol. The lowest BCUT2D eigenvalue weighted by Gasteiger charge is -2.35. The van der Waals surface area contributed by atoms with E-state index in [4.69, 9.17) is 11.6 Å². The average Bonchev–Trinajstić information content (AvgIpc) is 2.48. The van der Waals surface area contributed by atoms with E-state index >= 15 is 0 Å². The van der Waals surface area contributed by atoms with Gasteiger partial charge in [-0.15, -0.1) is 0 Å². The van der Waals surface area contributed by atoms with Crippen LogP contribution in [0.1, 0.15) is 45.2 Å². The van der Waals surface area contributed by atoms with Crippen LogP contribution in [0.5, 0.6) is 0 Å². The maximum atomic E-state index is 9.45. The molecule has 0 heterocycles. The van der Waals surface area contributed by atoms with Gasteiger partial charge in [0.05, 0.1) is 6.61 Å². The molecule has 0 aliphatic carbocycles. The first-order valence-electron chi connectivity index (χ1n) is 7.72. The van der Waals surface area contributed by atoms with E-state index in [0.29, 0.717) is 0 Å². The molecule has 0 saturated carbocycles. The Labute approximate surface area is 134 Å². The van der Waals surface area contributed by atoms with Gasteiger partial charge in [0, 0.05) is 23.1 Å². The van der Waals surface area contributed by atoms with Crippen molar-refractivity contribution in [1.82, 2.24) is 10.2 Å². The molecule has 0 aromatic heterocycles. The Balaban J connectivity index is 2.74. The second-order valence-electron chi connectivity index (χ2n) is 6.21. The van der Waals surface area contributed by atoms with Crippen molar-refractivity contribution in [1.29, 1.82) is 0 Å². The zero-order valence-corrected chi connectivity index (χ0v) is 14.5. The van der Waals surface area contributed by atoms with Crippen molar-refractivity contribution in [3.8, 4) is 0 Å². The fourth-order valence-electron chi connectivity index (χ4n) is 2.19. The third kappa shape index (κ3) is 5.59. The SMILES string of the molecule is CCCNC(CCN(C)C(C)(C)CO)c1ccccc1Cl. The van der Waals surface area contributed by atoms with Crippen molar-refractivity contribution in [3.63, 3.8) is 0 Å². The van der Waals surface area contributed by atoms with Crippen molar-refractivity contribution in [2.75, 3.05) is 26.7 Å². The fraction of sp³-hybridized carbons (Fsp3) is 0.647. The second-order valence-corrected chi connectivity index (χ2v) is 6.62. The van der Waals surface area contributed by atoms with Gasteiger partial charge < -0.3 is 10.4 Å². The number of benzene rings is 1. The summed E-state index contributed by atoms with van der Waals surface area (Å²) in [6, 6.07) is 8.27. The number of nitrogens with zero attached hydrogens (tertiary/aromatic N) is 1. The van der Waals surface area contributed by atoms with E-state index in [2.05, 4.69) is 44.1 Å². The minimum Gasteiger partial charge on any atom is -0.394 e. The summed E-state index contributed by atoms with van der Waals surface area (Å²) in [4.78, 5) is 2.20. The number of aliphatic hydroxyl groups is 1. The van der Waals surface area contributed by atoms with Crippen molar-refractivity contribution in [2.24, 2.45) is 0 Å². The van der Waals surface area contributed by atoms with Gasteiger partial charge >= 0.3 is 0 Å². The average molecular weight is 313 g/mol. The lowest BCUT2D eigenvalue weighted by Crippen LogP contribution is -2.45. The smallest absolute Gasteiger partial charge is 0.0609 e. The van der Waals surface area contributed by atoms with Crippen LogP contribution < -0.4 is 5.32 Å². The molecule has 1 aromatic rings. The summed E-state index contributed by atoms with van der Waals surface area (Å²) in [5.74, 6) is 0. The van der Waals surface area contributed by atoms with E-state index in [1.165, 1.54) is 0 Å². The summed E-state index contributed by atoms with van der Waals surface area (Å²) in [5.41, 5.74) is 0.957. The molecule has 0 saturated heterocycles. The Hall–Kier alpha value is -0.610. The number of likely N-dealkylation sites (N-methyl/N-ethyl adjacent to an activating group) is 1. The molecule has 4 heteroatoms. The van der Waals surface area contributed by atoms with Gasteiger partial charge in [-0.1, -0.05) is 36.7 Å². The zero-order valence-electron chi connectivity index (χ0n) is 13.7. The van der Waals surface area contributed by atoms with E-state index in [1.54, 1.807) is 0 Å². The Morgan fingerprint density at radius 2 is 2.00 bits per heavy atom. The Morgan fingerprint density at radius 1 is 1.33 bits per heavy atom. The Morgan fingerprint density at radius 3 is 2.57 bits per heavy atom. The third-order valence-electron chi connectivity index (χ3n) is 4.09. The predicted molar refractivity (Wildman–Crippen MR) is 90.9 cm³/mol. The first-order valence-corrected chi connectivity index (χ1v) is 8.10. The molecule has 3 nitrogen and oxygen atoms in total. The van der Waals surface area contributed by atoms with E-state index < -0.39 is 0 Å². The van der Waals surface area contributed by atoms with Gasteiger partial charge in [-0.05, 0) is 51.9 Å². The minimum absolute atomic E-state index is 0.155. The first-order chi connectivity index (χ1) is 9.92. The summed E-state index contributed by atoms with van der Waals surface area (Å²) in [6.07, 6.45) is 2.06. The molecule has 1 rings (SSSR count). The molecule has 0 spiro atoms. The van der Waals surface area contributed by atoms with Crippen LogP contribution in [0.4, 0.5) is 0 Å². The molecule has 0 radical (unpaired) electrons. The highest BCUT2D eigenvalue weighted by Gasteiger charge is 2.23. The van der Waals surface area contributed by atoms with Gasteiger partial charge in [0.25, 0.3) is 0 Å². The summed E-state index contributed by atoms with van der Waals surface area (Å²) in [7, 11) is 2.06. The molecule has 0 amide bonds. The number of hydrogen-bond donors (Lipinski definition) is 2. The number of halogens is 1. The molecule has 2 N–H and O–H groups in total. The van der Waals surface area contributed by atoms with Crippen LogP contribution in [0, 0.1) is 0 Å². The fourth-order valence-corrected chi connectivity index (χ4v) is 2.46. The van der Waals surface area contributed by atoms with Crippen molar-refractivity contribution < 1.29 is 5.11 Å². The third-order valence-corrected chi connectivity index (χ3v) is 4.44. The normalized spacial score (nSPS) is 13.7. The number of rotatable bonds is 9. The van der Waals surface area contributed by atoms with Crippen LogP contribution in [0.2, 0.25) is 5.02 Å². The maximum absolute atomic E-state index is 9.45. The lowest BCUT2D eigenvalue weighted by molar-refractivity contribution is 0.0758. The van der Waals surface area contributed by atoms with Gasteiger partial charge in [0.1, 0.15) is 0 Å². The summed E-state index contributed by atoms with van der Waals surface area (Å²) in [6.45, 7) is 8.30. The molecule has 120 valence electrons. The van der Waals surface area contributed by atoms with Crippen LogP contribution in [0.15, 0.2) is 24.3 Å². The molecule has 0 fully saturated rings. The van der Waals surface area contributed by atoms with Crippen molar-refractivity contribution >= 4 is 11.6 Å². The van der Waals surface area contributed by atoms with Gasteiger partial charge in [-0.2, -0.15) is 0 Å². The largest absolute Gasteiger partial charge is 0.394 e. The van der Waals surface area contributed by atoms with E-state index in [0.717, 1.165) is 36.5 Å². The molecule has 1 unspecified atom stereocenters. The van der Waals surface area contributed by atoms with Crippen LogP contribution in [0.3, 0.4) is 0 Å². The molecule has 0 aliphatic rings. The molecule has 1 aromatic carbocycles. The molecule has 1 atom stereocenters. The lowest BCUT2D eigenvalue weighted by atomic mass is 10.0. The van der Waals surface area contributed by atoms with Crippen LogP contribution >= 0.6 is 11.6 Å². The van der Waals surface area contributed by atoms with Gasteiger partial charge in [0.15, 0.2) is 0 Å². The topological polar surface area (TPSA) is 35.5 Å². The molecule has 21 heavy (non-hydrogen) atoms. The van der Waals surface area contributed by atoms with Gasteiger partial charge in [0.2, 0.25) is 0 Å². The molecule has 0 bridgehead atoms. The molecule has 0 aliphatic heterocycles. The number of nitrogens with one attached hydrogen (secondary N) is 1. The summed E-state index contributed by atoms with van der Waals surface area (Å²) < 4.78 is 0. The number of hydrogen-bond acceptors (Lipinski definition) is 3.